The Balaban J connectivity index is 3.04. The van der Waals surface area contributed by atoms with E-state index in [-0.39, 0.29) is 0 Å². The molecule has 0 bridgehead atoms. The number of hydrogen-bond acceptors (Lipinski definition) is 1. The van der Waals surface area contributed by atoms with Crippen LogP contribution in [0.15, 0.2) is 0 Å². The first-order chi connectivity index (χ1) is 7.16. The standard InChI is InChI=1S/C13H29NO/c1-4-11-14(15)12-9-7-5-6-8-10-13(2)3/h13-14H,4-12H2,1-3H3. The van der Waals surface area contributed by atoms with Crippen LogP contribution in [0.2, 0.25) is 0 Å². The first-order valence-corrected chi connectivity index (χ1v) is 6.68. The van der Waals surface area contributed by atoms with Crippen LogP contribution in [0, 0.1) is 11.1 Å². The number of unbranched alkanes of at least 4 members (excludes halogenated alkanes) is 4. The van der Waals surface area contributed by atoms with E-state index in [0.717, 1.165) is 31.8 Å². The molecular weight excluding hydrogens is 186 g/mol. The van der Waals surface area contributed by atoms with Gasteiger partial charge >= 0.3 is 0 Å². The average Bonchev–Trinajstić information content (AvgIpc) is 2.16. The topological polar surface area (TPSA) is 27.5 Å². The average molecular weight is 215 g/mol. The minimum absolute atomic E-state index is 0.458. The summed E-state index contributed by atoms with van der Waals surface area (Å²) in [6, 6.07) is 0. The van der Waals surface area contributed by atoms with Crippen LogP contribution in [0.1, 0.15) is 65.7 Å². The largest absolute Gasteiger partial charge is 0.634 e. The first-order valence-electron chi connectivity index (χ1n) is 6.68. The fourth-order valence-electron chi connectivity index (χ4n) is 1.81. The maximum absolute atomic E-state index is 11.2. The van der Waals surface area contributed by atoms with Gasteiger partial charge < -0.3 is 10.3 Å². The van der Waals surface area contributed by atoms with Crippen LogP contribution in [0.3, 0.4) is 0 Å². The Morgan fingerprint density at radius 2 is 1.53 bits per heavy atom. The van der Waals surface area contributed by atoms with E-state index in [1.54, 1.807) is 0 Å². The second kappa shape index (κ2) is 10.4. The summed E-state index contributed by atoms with van der Waals surface area (Å²) >= 11 is 0. The molecule has 92 valence electrons. The quantitative estimate of drug-likeness (QED) is 0.440. The molecule has 0 heterocycles. The predicted molar refractivity (Wildman–Crippen MR) is 66.9 cm³/mol. The van der Waals surface area contributed by atoms with Gasteiger partial charge in [0.15, 0.2) is 0 Å². The van der Waals surface area contributed by atoms with E-state index >= 15 is 0 Å². The summed E-state index contributed by atoms with van der Waals surface area (Å²) in [6.07, 6.45) is 8.74. The Kier molecular flexibility index (Phi) is 10.4. The Bertz CT molecular complexity index is 126. The molecule has 1 N–H and O–H groups in total. The van der Waals surface area contributed by atoms with Crippen molar-refractivity contribution in [3.8, 4) is 0 Å². The van der Waals surface area contributed by atoms with E-state index in [9.17, 15) is 5.21 Å². The lowest BCUT2D eigenvalue weighted by Gasteiger charge is -2.21. The van der Waals surface area contributed by atoms with Crippen LogP contribution in [-0.2, 0) is 0 Å². The van der Waals surface area contributed by atoms with Crippen LogP contribution in [0.4, 0.5) is 0 Å². The van der Waals surface area contributed by atoms with Crippen molar-refractivity contribution in [2.45, 2.75) is 65.7 Å². The van der Waals surface area contributed by atoms with Crippen molar-refractivity contribution in [1.29, 1.82) is 0 Å². The van der Waals surface area contributed by atoms with Gasteiger partial charge in [0.1, 0.15) is 0 Å². The van der Waals surface area contributed by atoms with Crippen molar-refractivity contribution in [2.24, 2.45) is 5.92 Å². The molecule has 0 aliphatic rings. The summed E-state index contributed by atoms with van der Waals surface area (Å²) in [4.78, 5) is 0. The zero-order valence-corrected chi connectivity index (χ0v) is 10.8. The highest BCUT2D eigenvalue weighted by atomic mass is 16.5. The van der Waals surface area contributed by atoms with Gasteiger partial charge in [0.2, 0.25) is 0 Å². The van der Waals surface area contributed by atoms with Crippen molar-refractivity contribution in [2.75, 3.05) is 13.1 Å². The van der Waals surface area contributed by atoms with Crippen molar-refractivity contribution >= 4 is 0 Å². The molecule has 1 atom stereocenters. The minimum Gasteiger partial charge on any atom is -0.634 e. The summed E-state index contributed by atoms with van der Waals surface area (Å²) in [7, 11) is 0. The fraction of sp³-hybridized carbons (Fsp3) is 1.00. The third-order valence-electron chi connectivity index (χ3n) is 2.77. The van der Waals surface area contributed by atoms with Crippen molar-refractivity contribution in [1.82, 2.24) is 0 Å². The van der Waals surface area contributed by atoms with E-state index in [1.165, 1.54) is 32.1 Å². The molecule has 0 spiro atoms. The molecular formula is C13H29NO. The SMILES string of the molecule is CCC[NH+]([O-])CCCCCCCC(C)C. The van der Waals surface area contributed by atoms with E-state index in [2.05, 4.69) is 20.8 Å². The maximum atomic E-state index is 11.2. The molecule has 0 aromatic carbocycles. The molecule has 0 aromatic heterocycles. The van der Waals surface area contributed by atoms with E-state index in [4.69, 9.17) is 0 Å². The Morgan fingerprint density at radius 3 is 2.13 bits per heavy atom. The molecule has 0 fully saturated rings. The molecule has 0 rings (SSSR count). The van der Waals surface area contributed by atoms with Crippen molar-refractivity contribution < 1.29 is 5.06 Å². The molecule has 0 aliphatic heterocycles. The third kappa shape index (κ3) is 11.8. The third-order valence-corrected chi connectivity index (χ3v) is 2.77. The molecule has 2 nitrogen and oxygen atoms in total. The molecule has 0 aromatic rings. The van der Waals surface area contributed by atoms with Crippen LogP contribution < -0.4 is 5.06 Å². The molecule has 15 heavy (non-hydrogen) atoms. The Labute approximate surface area is 95.6 Å². The highest BCUT2D eigenvalue weighted by Crippen LogP contribution is 2.09. The first kappa shape index (κ1) is 14.9. The van der Waals surface area contributed by atoms with Gasteiger partial charge in [-0.1, -0.05) is 46.5 Å². The van der Waals surface area contributed by atoms with E-state index in [1.807, 2.05) is 0 Å². The summed E-state index contributed by atoms with van der Waals surface area (Å²) in [6.45, 7) is 8.24. The normalized spacial score (nSPS) is 13.4. The number of hydroxylamine groups is 2. The zero-order valence-electron chi connectivity index (χ0n) is 10.8. The zero-order chi connectivity index (χ0) is 11.5. The van der Waals surface area contributed by atoms with Gasteiger partial charge in [-0.25, -0.2) is 0 Å². The molecule has 0 aliphatic carbocycles. The van der Waals surface area contributed by atoms with Crippen LogP contribution in [0.5, 0.6) is 0 Å². The van der Waals surface area contributed by atoms with Gasteiger partial charge in [-0.3, -0.25) is 0 Å². The van der Waals surface area contributed by atoms with Gasteiger partial charge in [0.25, 0.3) is 0 Å². The summed E-state index contributed by atoms with van der Waals surface area (Å²) < 4.78 is 0. The van der Waals surface area contributed by atoms with Gasteiger partial charge in [-0.2, -0.15) is 0 Å². The minimum atomic E-state index is 0.458. The van der Waals surface area contributed by atoms with Crippen LogP contribution in [-0.4, -0.2) is 13.1 Å². The summed E-state index contributed by atoms with van der Waals surface area (Å²) in [5.74, 6) is 0.844. The lowest BCUT2D eigenvalue weighted by atomic mass is 10.0. The molecule has 0 saturated carbocycles. The number of nitrogens with one attached hydrogen (secondary N) is 1. The van der Waals surface area contributed by atoms with E-state index in [0.29, 0.717) is 5.06 Å². The summed E-state index contributed by atoms with van der Waals surface area (Å²) in [5.41, 5.74) is 0. The highest BCUT2D eigenvalue weighted by molar-refractivity contribution is 4.48. The monoisotopic (exact) mass is 215 g/mol. The van der Waals surface area contributed by atoms with Gasteiger partial charge in [0, 0.05) is 0 Å². The Hall–Kier alpha value is -0.0800. The lowest BCUT2D eigenvalue weighted by molar-refractivity contribution is -0.848. The molecule has 0 radical (unpaired) electrons. The van der Waals surface area contributed by atoms with Crippen molar-refractivity contribution in [3.05, 3.63) is 5.21 Å². The fourth-order valence-corrected chi connectivity index (χ4v) is 1.81. The highest BCUT2D eigenvalue weighted by Gasteiger charge is 1.97. The molecule has 1 unspecified atom stereocenters. The van der Waals surface area contributed by atoms with Gasteiger partial charge in [-0.15, -0.1) is 0 Å². The maximum Gasteiger partial charge on any atom is 0.0768 e. The number of hydrogen-bond donors (Lipinski definition) is 1. The summed E-state index contributed by atoms with van der Waals surface area (Å²) in [5, 5.41) is 11.7. The van der Waals surface area contributed by atoms with E-state index < -0.39 is 0 Å². The smallest absolute Gasteiger partial charge is 0.0768 e. The van der Waals surface area contributed by atoms with Crippen molar-refractivity contribution in [3.63, 3.8) is 0 Å². The molecule has 0 amide bonds. The second-order valence-electron chi connectivity index (χ2n) is 4.99. The molecule has 2 heteroatoms. The Morgan fingerprint density at radius 1 is 0.933 bits per heavy atom. The van der Waals surface area contributed by atoms with Crippen LogP contribution >= 0.6 is 0 Å². The van der Waals surface area contributed by atoms with Gasteiger partial charge in [-0.05, 0) is 25.2 Å². The predicted octanol–water partition coefficient (Wildman–Crippen LogP) is 2.78. The van der Waals surface area contributed by atoms with Crippen LogP contribution in [0.25, 0.3) is 0 Å². The lowest BCUT2D eigenvalue weighted by Crippen LogP contribution is -3.07. The number of quaternary nitrogens is 1. The molecule has 0 saturated heterocycles. The van der Waals surface area contributed by atoms with Gasteiger partial charge in [0.05, 0.1) is 13.1 Å². The number of rotatable bonds is 10. The second-order valence-corrected chi connectivity index (χ2v) is 4.99.